The SMILES string of the molecule is CCCCCCCCCCCCCCCCCCC(=O)OCC(COC(=O)CCN(C(=O)c1ccc2c(c1)nc(CNc1ccc(/C(N)=N/C(=O)OCCCCC)cc1)n2C)c1ccccn1)COP(=O)([O-])OCC[N+](C)(C)C. The van der Waals surface area contributed by atoms with E-state index in [1.165, 1.54) is 81.9 Å². The molecule has 19 nitrogen and oxygen atoms in total. The number of rotatable bonds is 41. The molecule has 0 aliphatic heterocycles. The molecule has 2 aromatic carbocycles. The number of imidazole rings is 1. The van der Waals surface area contributed by atoms with E-state index in [0.717, 1.165) is 49.7 Å². The molecule has 0 aliphatic carbocycles. The molecule has 2 aromatic heterocycles. The molecular formula is C59H91N8O11P. The standard InChI is InChI=1S/C59H91N8O11P/c1-7-9-11-12-13-14-15-16-17-18-19-20-21-22-23-24-29-55(68)75-44-47(46-78-79(72,73)77-41-39-67(4,5)6)45-76-56(69)36-38-66(53-28-25-26-37-61-53)58(70)49-32-35-52-51(42-49)63-54(65(52)3)43-62-50-33-30-48(31-34-50)57(60)64-59(71)74-40-27-10-8-2/h25-26,28,30-35,37,42,47H,7-24,27,29,36,38-41,43-46H2,1-6H3,(H3-,60,62,64,71,72,73). The van der Waals surface area contributed by atoms with Crippen LogP contribution in [0.25, 0.3) is 11.0 Å². The Morgan fingerprint density at radius 1 is 0.722 bits per heavy atom. The second-order valence-corrected chi connectivity index (χ2v) is 22.7. The molecule has 4 aromatic rings. The zero-order chi connectivity index (χ0) is 57.3. The predicted octanol–water partition coefficient (Wildman–Crippen LogP) is 11.2. The number of hydrogen-bond acceptors (Lipinski definition) is 14. The van der Waals surface area contributed by atoms with Crippen LogP contribution in [-0.2, 0) is 51.0 Å². The second kappa shape index (κ2) is 36.5. The quantitative estimate of drug-likeness (QED) is 0.00799. The number of amidine groups is 1. The number of pyridine rings is 1. The van der Waals surface area contributed by atoms with Crippen LogP contribution in [0.1, 0.15) is 170 Å². The van der Waals surface area contributed by atoms with Crippen LogP contribution in [0.3, 0.4) is 0 Å². The lowest BCUT2D eigenvalue weighted by atomic mass is 10.0. The fraction of sp³-hybridized carbons (Fsp3) is 0.610. The molecule has 2 amide bonds. The van der Waals surface area contributed by atoms with Gasteiger partial charge in [-0.05, 0) is 67.4 Å². The molecule has 2 atom stereocenters. The van der Waals surface area contributed by atoms with Crippen molar-refractivity contribution in [3.8, 4) is 0 Å². The summed E-state index contributed by atoms with van der Waals surface area (Å²) in [5.41, 5.74) is 9.09. The second-order valence-electron chi connectivity index (χ2n) is 21.3. The topological polar surface area (TPSA) is 239 Å². The van der Waals surface area contributed by atoms with Crippen LogP contribution in [0.5, 0.6) is 0 Å². The predicted molar refractivity (Wildman–Crippen MR) is 309 cm³/mol. The number of aryl methyl sites for hydroxylation is 1. The zero-order valence-corrected chi connectivity index (χ0v) is 49.0. The summed E-state index contributed by atoms with van der Waals surface area (Å²) >= 11 is 0. The van der Waals surface area contributed by atoms with E-state index in [9.17, 15) is 28.6 Å². The number of fused-ring (bicyclic) bond motifs is 1. The molecule has 0 aliphatic rings. The Kier molecular flexibility index (Phi) is 30.4. The van der Waals surface area contributed by atoms with Crippen molar-refractivity contribution < 1.29 is 56.4 Å². The summed E-state index contributed by atoms with van der Waals surface area (Å²) in [5, 5.41) is 3.35. The first-order valence-electron chi connectivity index (χ1n) is 28.7. The molecule has 0 fully saturated rings. The third-order valence-electron chi connectivity index (χ3n) is 13.4. The summed E-state index contributed by atoms with van der Waals surface area (Å²) in [6.45, 7) is 4.17. The van der Waals surface area contributed by atoms with Crippen molar-refractivity contribution in [2.24, 2.45) is 23.7 Å². The number of nitrogens with one attached hydrogen (secondary N) is 1. The van der Waals surface area contributed by atoms with E-state index in [2.05, 4.69) is 29.1 Å². The number of phosphoric ester groups is 1. The van der Waals surface area contributed by atoms with E-state index in [1.54, 1.807) is 54.7 Å². The maximum atomic E-state index is 14.3. The number of amides is 2. The number of hydrogen-bond donors (Lipinski definition) is 2. The van der Waals surface area contributed by atoms with Crippen LogP contribution in [0, 0.1) is 5.92 Å². The Morgan fingerprint density at radius 2 is 1.30 bits per heavy atom. The summed E-state index contributed by atoms with van der Waals surface area (Å²) in [7, 11) is 2.85. The van der Waals surface area contributed by atoms with Gasteiger partial charge in [-0.15, -0.1) is 0 Å². The minimum atomic E-state index is -4.74. The van der Waals surface area contributed by atoms with Gasteiger partial charge in [-0.3, -0.25) is 23.8 Å². The van der Waals surface area contributed by atoms with E-state index in [1.807, 2.05) is 44.9 Å². The van der Waals surface area contributed by atoms with Gasteiger partial charge in [-0.25, -0.2) is 14.8 Å². The molecule has 2 heterocycles. The zero-order valence-electron chi connectivity index (χ0n) is 48.1. The van der Waals surface area contributed by atoms with Crippen LogP contribution in [0.2, 0.25) is 0 Å². The van der Waals surface area contributed by atoms with Gasteiger partial charge in [0.25, 0.3) is 13.7 Å². The maximum Gasteiger partial charge on any atom is 0.435 e. The molecule has 20 heteroatoms. The molecule has 0 spiro atoms. The van der Waals surface area contributed by atoms with Gasteiger partial charge in [0.05, 0.1) is 77.5 Å². The number of nitrogens with two attached hydrogens (primary N) is 1. The highest BCUT2D eigenvalue weighted by Crippen LogP contribution is 2.38. The first-order chi connectivity index (χ1) is 38.0. The van der Waals surface area contributed by atoms with Crippen LogP contribution in [0.4, 0.5) is 16.3 Å². The first-order valence-corrected chi connectivity index (χ1v) is 30.2. The molecular weight excluding hydrogens is 1030 g/mol. The van der Waals surface area contributed by atoms with Crippen LogP contribution in [-0.4, -0.2) is 116 Å². The number of aliphatic imine (C=N–C) groups is 1. The third-order valence-corrected chi connectivity index (χ3v) is 14.4. The van der Waals surface area contributed by atoms with Gasteiger partial charge < -0.3 is 48.3 Å². The lowest BCUT2D eigenvalue weighted by molar-refractivity contribution is -0.870. The molecule has 0 radical (unpaired) electrons. The number of nitrogens with zero attached hydrogens (tertiary/aromatic N) is 6. The van der Waals surface area contributed by atoms with Gasteiger partial charge >= 0.3 is 18.0 Å². The van der Waals surface area contributed by atoms with Gasteiger partial charge in [0, 0.05) is 43.0 Å². The van der Waals surface area contributed by atoms with Crippen molar-refractivity contribution in [2.75, 3.05) is 77.5 Å². The Morgan fingerprint density at radius 3 is 1.90 bits per heavy atom. The van der Waals surface area contributed by atoms with Crippen LogP contribution in [0.15, 0.2) is 71.9 Å². The summed E-state index contributed by atoms with van der Waals surface area (Å²) in [6.07, 6.45) is 23.1. The van der Waals surface area contributed by atoms with E-state index in [4.69, 9.17) is 34.0 Å². The smallest absolute Gasteiger partial charge is 0.435 e. The number of phosphoric acid groups is 1. The maximum absolute atomic E-state index is 14.3. The number of carbonyl (C=O) groups is 4. The van der Waals surface area contributed by atoms with E-state index in [-0.39, 0.29) is 45.0 Å². The molecule has 0 saturated carbocycles. The highest BCUT2D eigenvalue weighted by molar-refractivity contribution is 7.45. The summed E-state index contributed by atoms with van der Waals surface area (Å²) in [4.78, 5) is 79.7. The van der Waals surface area contributed by atoms with E-state index < -0.39 is 44.3 Å². The molecule has 0 saturated heterocycles. The van der Waals surface area contributed by atoms with Crippen molar-refractivity contribution in [3.63, 3.8) is 0 Å². The lowest BCUT2D eigenvalue weighted by Gasteiger charge is -2.28. The Balaban J connectivity index is 1.29. The number of quaternary nitrogens is 1. The number of aromatic nitrogens is 3. The van der Waals surface area contributed by atoms with Crippen molar-refractivity contribution in [1.29, 1.82) is 0 Å². The molecule has 2 unspecified atom stereocenters. The fourth-order valence-electron chi connectivity index (χ4n) is 8.57. The average Bonchev–Trinajstić information content (AvgIpc) is 3.93. The Bertz CT molecular complexity index is 2500. The highest BCUT2D eigenvalue weighted by atomic mass is 31.2. The highest BCUT2D eigenvalue weighted by Gasteiger charge is 2.24. The lowest BCUT2D eigenvalue weighted by Crippen LogP contribution is -2.37. The van der Waals surface area contributed by atoms with Gasteiger partial charge in [-0.1, -0.05) is 129 Å². The van der Waals surface area contributed by atoms with E-state index in [0.29, 0.717) is 58.9 Å². The average molecular weight is 1120 g/mol. The Hall–Kier alpha value is -5.72. The van der Waals surface area contributed by atoms with Crippen molar-refractivity contribution >= 4 is 60.1 Å². The number of esters is 2. The van der Waals surface area contributed by atoms with Gasteiger partial charge in [0.15, 0.2) is 0 Å². The molecule has 438 valence electrons. The minimum absolute atomic E-state index is 0.0559. The third kappa shape index (κ3) is 26.9. The number of benzene rings is 2. The van der Waals surface area contributed by atoms with Gasteiger partial charge in [0.1, 0.15) is 30.6 Å². The van der Waals surface area contributed by atoms with E-state index >= 15 is 0 Å². The molecule has 79 heavy (non-hydrogen) atoms. The van der Waals surface area contributed by atoms with Gasteiger partial charge in [-0.2, -0.15) is 4.99 Å². The first kappa shape index (κ1) is 65.8. The normalized spacial score (nSPS) is 13.0. The van der Waals surface area contributed by atoms with Gasteiger partial charge in [0.2, 0.25) is 0 Å². The largest absolute Gasteiger partial charge is 0.756 e. The number of likely N-dealkylation sites (N-methyl/N-ethyl adjacent to an activating group) is 1. The summed E-state index contributed by atoms with van der Waals surface area (Å²) in [6, 6.07) is 17.4. The number of unbranched alkanes of at least 4 members (excludes halogenated alkanes) is 17. The monoisotopic (exact) mass is 1120 g/mol. The number of anilines is 2. The molecule has 0 bridgehead atoms. The van der Waals surface area contributed by atoms with Crippen molar-refractivity contribution in [1.82, 2.24) is 14.5 Å². The van der Waals surface area contributed by atoms with Crippen LogP contribution < -0.4 is 20.8 Å². The minimum Gasteiger partial charge on any atom is -0.756 e. The van der Waals surface area contributed by atoms with Crippen LogP contribution >= 0.6 is 7.82 Å². The summed E-state index contributed by atoms with van der Waals surface area (Å²) in [5.74, 6) is -1.30. The van der Waals surface area contributed by atoms with Crippen molar-refractivity contribution in [3.05, 3.63) is 83.8 Å². The molecule has 3 N–H and O–H groups in total. The molecule has 4 rings (SSSR count). The number of ether oxygens (including phenoxy) is 3. The fourth-order valence-corrected chi connectivity index (χ4v) is 9.34. The van der Waals surface area contributed by atoms with Crippen molar-refractivity contribution in [2.45, 2.75) is 155 Å². The Labute approximate surface area is 469 Å². The number of carbonyl (C=O) groups excluding carboxylic acids is 4. The summed E-state index contributed by atoms with van der Waals surface area (Å²) < 4.78 is 41.7.